The first-order valence-electron chi connectivity index (χ1n) is 7.61. The number of aromatic nitrogens is 2. The van der Waals surface area contributed by atoms with Crippen molar-refractivity contribution >= 4 is 0 Å². The quantitative estimate of drug-likeness (QED) is 0.775. The zero-order valence-electron chi connectivity index (χ0n) is 12.8. The predicted molar refractivity (Wildman–Crippen MR) is 81.0 cm³/mol. The number of hydrogen-bond acceptors (Lipinski definition) is 4. The van der Waals surface area contributed by atoms with Crippen LogP contribution in [0.1, 0.15) is 49.3 Å². The number of aromatic amines is 1. The summed E-state index contributed by atoms with van der Waals surface area (Å²) in [4.78, 5) is 21.6. The minimum atomic E-state index is -0.0189. The van der Waals surface area contributed by atoms with Crippen molar-refractivity contribution in [1.29, 1.82) is 0 Å². The van der Waals surface area contributed by atoms with Crippen LogP contribution in [0.5, 0.6) is 0 Å². The normalized spacial score (nSPS) is 17.6. The Balaban J connectivity index is 1.82. The molecule has 0 aliphatic carbocycles. The van der Waals surface area contributed by atoms with Gasteiger partial charge in [-0.25, -0.2) is 4.98 Å². The molecule has 1 unspecified atom stereocenters. The number of H-pyrrole nitrogens is 1. The van der Waals surface area contributed by atoms with Crippen molar-refractivity contribution in [2.24, 2.45) is 0 Å². The summed E-state index contributed by atoms with van der Waals surface area (Å²) in [6.07, 6.45) is 3.81. The third kappa shape index (κ3) is 3.90. The fourth-order valence-corrected chi connectivity index (χ4v) is 2.98. The first-order chi connectivity index (χ1) is 9.58. The maximum absolute atomic E-state index is 12.0. The molecule has 2 rings (SSSR count). The Labute approximate surface area is 120 Å². The van der Waals surface area contributed by atoms with Crippen molar-refractivity contribution in [3.63, 3.8) is 0 Å². The molecular formula is C15H26N4O. The van der Waals surface area contributed by atoms with Gasteiger partial charge in [0.2, 0.25) is 0 Å². The third-order valence-corrected chi connectivity index (χ3v) is 4.00. The Bertz CT molecular complexity index is 491. The maximum atomic E-state index is 12.0. The van der Waals surface area contributed by atoms with E-state index in [9.17, 15) is 4.79 Å². The molecule has 5 nitrogen and oxygen atoms in total. The van der Waals surface area contributed by atoms with Crippen LogP contribution in [-0.2, 0) is 0 Å². The van der Waals surface area contributed by atoms with Crippen molar-refractivity contribution in [3.05, 3.63) is 27.4 Å². The Kier molecular flexibility index (Phi) is 5.31. The van der Waals surface area contributed by atoms with E-state index < -0.39 is 0 Å². The average molecular weight is 278 g/mol. The largest absolute Gasteiger partial charge is 0.310 e. The SMILES string of the molecule is Cc1nc(C)c(C(C)NCCCN2CCCC2)c(=O)[nH]1. The first kappa shape index (κ1) is 15.2. The standard InChI is InChI=1S/C15H26N4O/c1-11(14-12(2)17-13(3)18-15(14)20)16-7-6-10-19-8-4-5-9-19/h11,16H,4-10H2,1-3H3,(H,17,18,20). The summed E-state index contributed by atoms with van der Waals surface area (Å²) < 4.78 is 0. The van der Waals surface area contributed by atoms with Crippen LogP contribution in [0.2, 0.25) is 0 Å². The molecule has 1 aromatic heterocycles. The van der Waals surface area contributed by atoms with Gasteiger partial charge >= 0.3 is 0 Å². The predicted octanol–water partition coefficient (Wildman–Crippen LogP) is 1.52. The van der Waals surface area contributed by atoms with Gasteiger partial charge in [-0.1, -0.05) is 0 Å². The highest BCUT2D eigenvalue weighted by Gasteiger charge is 2.14. The third-order valence-electron chi connectivity index (χ3n) is 4.00. The Hall–Kier alpha value is -1.20. The fourth-order valence-electron chi connectivity index (χ4n) is 2.98. The summed E-state index contributed by atoms with van der Waals surface area (Å²) >= 11 is 0. The van der Waals surface area contributed by atoms with Gasteiger partial charge in [0.05, 0.1) is 5.56 Å². The van der Waals surface area contributed by atoms with Crippen LogP contribution in [0.4, 0.5) is 0 Å². The van der Waals surface area contributed by atoms with E-state index in [4.69, 9.17) is 0 Å². The van der Waals surface area contributed by atoms with Crippen LogP contribution in [0.3, 0.4) is 0 Å². The van der Waals surface area contributed by atoms with Gasteiger partial charge in [-0.15, -0.1) is 0 Å². The van der Waals surface area contributed by atoms with Crippen LogP contribution >= 0.6 is 0 Å². The number of aryl methyl sites for hydroxylation is 2. The molecule has 1 atom stereocenters. The van der Waals surface area contributed by atoms with Crippen LogP contribution in [0.25, 0.3) is 0 Å². The molecule has 2 heterocycles. The van der Waals surface area contributed by atoms with Gasteiger partial charge < -0.3 is 15.2 Å². The van der Waals surface area contributed by atoms with Crippen molar-refractivity contribution < 1.29 is 0 Å². The summed E-state index contributed by atoms with van der Waals surface area (Å²) in [5.74, 6) is 0.678. The van der Waals surface area contributed by atoms with E-state index in [1.54, 1.807) is 0 Å². The number of nitrogens with one attached hydrogen (secondary N) is 2. The van der Waals surface area contributed by atoms with Crippen LogP contribution in [-0.4, -0.2) is 41.0 Å². The highest BCUT2D eigenvalue weighted by atomic mass is 16.1. The van der Waals surface area contributed by atoms with Crippen molar-refractivity contribution in [2.45, 2.75) is 46.1 Å². The van der Waals surface area contributed by atoms with Crippen molar-refractivity contribution in [2.75, 3.05) is 26.2 Å². The van der Waals surface area contributed by atoms with Crippen LogP contribution in [0.15, 0.2) is 4.79 Å². The topological polar surface area (TPSA) is 61.0 Å². The van der Waals surface area contributed by atoms with E-state index in [1.807, 2.05) is 20.8 Å². The van der Waals surface area contributed by atoms with Gasteiger partial charge in [-0.05, 0) is 66.2 Å². The van der Waals surface area contributed by atoms with Gasteiger partial charge in [0.15, 0.2) is 0 Å². The molecule has 0 radical (unpaired) electrons. The lowest BCUT2D eigenvalue weighted by Gasteiger charge is -2.18. The lowest BCUT2D eigenvalue weighted by molar-refractivity contribution is 0.328. The molecule has 20 heavy (non-hydrogen) atoms. The van der Waals surface area contributed by atoms with Crippen molar-refractivity contribution in [1.82, 2.24) is 20.2 Å². The lowest BCUT2D eigenvalue weighted by atomic mass is 10.1. The summed E-state index contributed by atoms with van der Waals surface area (Å²) in [5, 5.41) is 3.44. The summed E-state index contributed by atoms with van der Waals surface area (Å²) in [5.41, 5.74) is 1.57. The molecule has 0 aromatic carbocycles. The molecule has 1 aliphatic rings. The zero-order valence-corrected chi connectivity index (χ0v) is 12.8. The molecule has 0 spiro atoms. The second-order valence-electron chi connectivity index (χ2n) is 5.73. The van der Waals surface area contributed by atoms with E-state index in [0.717, 1.165) is 30.8 Å². The Morgan fingerprint density at radius 3 is 2.70 bits per heavy atom. The monoisotopic (exact) mass is 278 g/mol. The summed E-state index contributed by atoms with van der Waals surface area (Å²) in [6, 6.07) is 0.0467. The average Bonchev–Trinajstić information content (AvgIpc) is 2.86. The zero-order chi connectivity index (χ0) is 14.5. The Morgan fingerprint density at radius 2 is 2.05 bits per heavy atom. The second kappa shape index (κ2) is 6.99. The fraction of sp³-hybridized carbons (Fsp3) is 0.733. The molecule has 112 valence electrons. The molecule has 0 bridgehead atoms. The van der Waals surface area contributed by atoms with E-state index in [0.29, 0.717) is 5.82 Å². The highest BCUT2D eigenvalue weighted by Crippen LogP contribution is 2.11. The second-order valence-corrected chi connectivity index (χ2v) is 5.73. The van der Waals surface area contributed by atoms with Crippen LogP contribution < -0.4 is 10.9 Å². The van der Waals surface area contributed by atoms with E-state index in [-0.39, 0.29) is 11.6 Å². The molecule has 1 aromatic rings. The van der Waals surface area contributed by atoms with E-state index in [2.05, 4.69) is 20.2 Å². The molecule has 1 saturated heterocycles. The maximum Gasteiger partial charge on any atom is 0.255 e. The molecule has 2 N–H and O–H groups in total. The van der Waals surface area contributed by atoms with E-state index in [1.165, 1.54) is 25.9 Å². The first-order valence-corrected chi connectivity index (χ1v) is 7.61. The van der Waals surface area contributed by atoms with Gasteiger partial charge in [0.25, 0.3) is 5.56 Å². The number of rotatable bonds is 6. The molecule has 0 amide bonds. The van der Waals surface area contributed by atoms with Gasteiger partial charge in [0.1, 0.15) is 5.82 Å². The Morgan fingerprint density at radius 1 is 1.35 bits per heavy atom. The van der Waals surface area contributed by atoms with Gasteiger partial charge in [-0.2, -0.15) is 0 Å². The minimum Gasteiger partial charge on any atom is -0.310 e. The molecule has 0 saturated carbocycles. The minimum absolute atomic E-state index is 0.0189. The smallest absolute Gasteiger partial charge is 0.255 e. The molecule has 1 aliphatic heterocycles. The molecule has 1 fully saturated rings. The number of likely N-dealkylation sites (tertiary alicyclic amines) is 1. The molecule has 5 heteroatoms. The van der Waals surface area contributed by atoms with E-state index >= 15 is 0 Å². The number of hydrogen-bond donors (Lipinski definition) is 2. The summed E-state index contributed by atoms with van der Waals surface area (Å²) in [6.45, 7) is 10.3. The van der Waals surface area contributed by atoms with Crippen molar-refractivity contribution in [3.8, 4) is 0 Å². The lowest BCUT2D eigenvalue weighted by Crippen LogP contribution is -2.30. The van der Waals surface area contributed by atoms with Gasteiger partial charge in [0, 0.05) is 11.7 Å². The summed E-state index contributed by atoms with van der Waals surface area (Å²) in [7, 11) is 0. The number of nitrogens with zero attached hydrogens (tertiary/aromatic N) is 2. The molecular weight excluding hydrogens is 252 g/mol. The van der Waals surface area contributed by atoms with Crippen LogP contribution in [0, 0.1) is 13.8 Å². The highest BCUT2D eigenvalue weighted by molar-refractivity contribution is 5.19. The van der Waals surface area contributed by atoms with Gasteiger partial charge in [-0.3, -0.25) is 4.79 Å².